The SMILES string of the molecule is CCn1ncc(/C=c2\sc3n(c2=O)[C@@H]2C[C@](C)(N=3)Oc3ccccc32)c1C. The van der Waals surface area contributed by atoms with E-state index in [1.54, 1.807) is 0 Å². The van der Waals surface area contributed by atoms with Crippen molar-refractivity contribution < 1.29 is 4.74 Å². The molecule has 0 unspecified atom stereocenters. The van der Waals surface area contributed by atoms with Crippen molar-refractivity contribution in [3.05, 3.63) is 67.0 Å². The molecule has 0 spiro atoms. The molecular weight excluding hydrogens is 360 g/mol. The normalized spacial score (nSPS) is 23.4. The van der Waals surface area contributed by atoms with Gasteiger partial charge in [-0.2, -0.15) is 5.10 Å². The molecule has 0 N–H and O–H groups in total. The second kappa shape index (κ2) is 5.66. The molecule has 0 saturated carbocycles. The van der Waals surface area contributed by atoms with Crippen LogP contribution in [0.4, 0.5) is 0 Å². The number of rotatable bonds is 2. The lowest BCUT2D eigenvalue weighted by atomic mass is 9.93. The maximum absolute atomic E-state index is 13.2. The van der Waals surface area contributed by atoms with Crippen LogP contribution in [0.15, 0.2) is 40.2 Å². The van der Waals surface area contributed by atoms with Gasteiger partial charge in [-0.1, -0.05) is 29.5 Å². The highest BCUT2D eigenvalue weighted by Crippen LogP contribution is 2.42. The van der Waals surface area contributed by atoms with Gasteiger partial charge in [-0.05, 0) is 32.9 Å². The first kappa shape index (κ1) is 16.5. The van der Waals surface area contributed by atoms with Crippen molar-refractivity contribution in [3.63, 3.8) is 0 Å². The van der Waals surface area contributed by atoms with Crippen LogP contribution in [0.3, 0.4) is 0 Å². The number of hydrogen-bond acceptors (Lipinski definition) is 5. The molecule has 0 saturated heterocycles. The standard InChI is InChI=1S/C20H20N4O2S/c1-4-23-12(2)13(11-21-23)9-17-18(25)24-15-10-20(3,22-19(24)27-17)26-16-8-6-5-7-14(15)16/h5-9,11,15H,4,10H2,1-3H3/b17-9-/t15-,20-/m1/s1. The molecule has 2 aromatic heterocycles. The molecule has 3 aromatic rings. The van der Waals surface area contributed by atoms with Crippen LogP contribution in [0.25, 0.3) is 6.08 Å². The van der Waals surface area contributed by atoms with Crippen LogP contribution in [0.5, 0.6) is 5.75 Å². The van der Waals surface area contributed by atoms with Crippen molar-refractivity contribution in [1.29, 1.82) is 0 Å². The Morgan fingerprint density at radius 1 is 1.41 bits per heavy atom. The summed E-state index contributed by atoms with van der Waals surface area (Å²) in [4.78, 5) is 18.7. The Hall–Kier alpha value is -2.67. The molecule has 5 rings (SSSR count). The highest BCUT2D eigenvalue weighted by atomic mass is 32.1. The molecule has 138 valence electrons. The third-order valence-electron chi connectivity index (χ3n) is 5.39. The van der Waals surface area contributed by atoms with Crippen LogP contribution in [0.2, 0.25) is 0 Å². The summed E-state index contributed by atoms with van der Waals surface area (Å²) in [7, 11) is 0. The van der Waals surface area contributed by atoms with Crippen LogP contribution < -0.4 is 19.6 Å². The number of aromatic nitrogens is 3. The predicted octanol–water partition coefficient (Wildman–Crippen LogP) is 1.98. The molecule has 2 aliphatic rings. The maximum atomic E-state index is 13.2. The lowest BCUT2D eigenvalue weighted by molar-refractivity contribution is 0.0410. The number of nitrogens with zero attached hydrogens (tertiary/aromatic N) is 4. The van der Waals surface area contributed by atoms with E-state index in [1.807, 2.05) is 59.6 Å². The summed E-state index contributed by atoms with van der Waals surface area (Å²) in [6, 6.07) is 7.89. The molecule has 1 aromatic carbocycles. The fraction of sp³-hybridized carbons (Fsp3) is 0.350. The Labute approximate surface area is 160 Å². The number of fused-ring (bicyclic) bond motifs is 6. The number of ether oxygens (including phenoxy) is 1. The predicted molar refractivity (Wildman–Crippen MR) is 104 cm³/mol. The zero-order valence-corrected chi connectivity index (χ0v) is 16.3. The van der Waals surface area contributed by atoms with Crippen LogP contribution >= 0.6 is 11.3 Å². The molecule has 2 aliphatic heterocycles. The van der Waals surface area contributed by atoms with Gasteiger partial charge in [-0.25, -0.2) is 4.99 Å². The van der Waals surface area contributed by atoms with Gasteiger partial charge in [0.15, 0.2) is 4.80 Å². The Bertz CT molecular complexity index is 1240. The van der Waals surface area contributed by atoms with Crippen LogP contribution in [-0.4, -0.2) is 20.1 Å². The summed E-state index contributed by atoms with van der Waals surface area (Å²) >= 11 is 1.42. The Balaban J connectivity index is 1.74. The van der Waals surface area contributed by atoms with E-state index in [9.17, 15) is 4.79 Å². The van der Waals surface area contributed by atoms with E-state index < -0.39 is 5.72 Å². The summed E-state index contributed by atoms with van der Waals surface area (Å²) in [5, 5.41) is 4.37. The van der Waals surface area contributed by atoms with Crippen molar-refractivity contribution in [2.75, 3.05) is 0 Å². The summed E-state index contributed by atoms with van der Waals surface area (Å²) in [5.74, 6) is 0.814. The molecule has 0 aliphatic carbocycles. The van der Waals surface area contributed by atoms with Gasteiger partial charge in [0.1, 0.15) is 5.75 Å². The van der Waals surface area contributed by atoms with Crippen molar-refractivity contribution in [2.45, 2.75) is 45.5 Å². The van der Waals surface area contributed by atoms with Gasteiger partial charge in [0.05, 0.1) is 16.8 Å². The lowest BCUT2D eigenvalue weighted by Crippen LogP contribution is -2.49. The zero-order valence-electron chi connectivity index (χ0n) is 15.5. The summed E-state index contributed by atoms with van der Waals surface area (Å²) < 4.78 is 10.6. The van der Waals surface area contributed by atoms with Gasteiger partial charge in [0.2, 0.25) is 5.72 Å². The van der Waals surface area contributed by atoms with E-state index >= 15 is 0 Å². The Morgan fingerprint density at radius 2 is 2.22 bits per heavy atom. The van der Waals surface area contributed by atoms with Gasteiger partial charge < -0.3 is 4.74 Å². The topological polar surface area (TPSA) is 61.4 Å². The largest absolute Gasteiger partial charge is 0.466 e. The number of benzene rings is 1. The monoisotopic (exact) mass is 380 g/mol. The average Bonchev–Trinajstić information content (AvgIpc) is 3.14. The first-order chi connectivity index (χ1) is 13.0. The van der Waals surface area contributed by atoms with Crippen molar-refractivity contribution in [3.8, 4) is 5.75 Å². The van der Waals surface area contributed by atoms with Gasteiger partial charge >= 0.3 is 0 Å². The minimum atomic E-state index is -0.628. The van der Waals surface area contributed by atoms with E-state index in [0.717, 1.165) is 33.9 Å². The molecule has 0 radical (unpaired) electrons. The molecular formula is C20H20N4O2S. The molecule has 7 heteroatoms. The third-order valence-corrected chi connectivity index (χ3v) is 6.37. The molecule has 6 nitrogen and oxygen atoms in total. The first-order valence-corrected chi connectivity index (χ1v) is 9.94. The van der Waals surface area contributed by atoms with Gasteiger partial charge in [0.25, 0.3) is 5.56 Å². The maximum Gasteiger partial charge on any atom is 0.270 e. The van der Waals surface area contributed by atoms with Crippen LogP contribution in [0.1, 0.15) is 43.1 Å². The van der Waals surface area contributed by atoms with Crippen LogP contribution in [0, 0.1) is 6.92 Å². The summed E-state index contributed by atoms with van der Waals surface area (Å²) in [6.45, 7) is 6.88. The molecule has 4 heterocycles. The van der Waals surface area contributed by atoms with Crippen LogP contribution in [-0.2, 0) is 6.54 Å². The highest BCUT2D eigenvalue weighted by molar-refractivity contribution is 7.07. The zero-order chi connectivity index (χ0) is 18.8. The smallest absolute Gasteiger partial charge is 0.270 e. The number of aryl methyl sites for hydroxylation is 1. The Kier molecular flexibility index (Phi) is 3.46. The van der Waals surface area contributed by atoms with E-state index in [0.29, 0.717) is 11.0 Å². The van der Waals surface area contributed by atoms with Crippen molar-refractivity contribution in [1.82, 2.24) is 14.3 Å². The second-order valence-corrected chi connectivity index (χ2v) is 8.23. The van der Waals surface area contributed by atoms with E-state index in [-0.39, 0.29) is 11.6 Å². The first-order valence-electron chi connectivity index (χ1n) is 9.12. The summed E-state index contributed by atoms with van der Waals surface area (Å²) in [5.41, 5.74) is 2.46. The highest BCUT2D eigenvalue weighted by Gasteiger charge is 2.42. The average molecular weight is 380 g/mol. The van der Waals surface area contributed by atoms with Crippen molar-refractivity contribution >= 4 is 17.4 Å². The van der Waals surface area contributed by atoms with Gasteiger partial charge in [-0.3, -0.25) is 14.0 Å². The number of para-hydroxylation sites is 1. The second-order valence-electron chi connectivity index (χ2n) is 7.22. The molecule has 0 fully saturated rings. The van der Waals surface area contributed by atoms with E-state index in [4.69, 9.17) is 9.73 Å². The van der Waals surface area contributed by atoms with Gasteiger partial charge in [0, 0.05) is 29.8 Å². The number of thiazole rings is 1. The molecule has 2 bridgehead atoms. The fourth-order valence-electron chi connectivity index (χ4n) is 4.00. The third kappa shape index (κ3) is 2.41. The molecule has 27 heavy (non-hydrogen) atoms. The minimum absolute atomic E-state index is 0.00570. The van der Waals surface area contributed by atoms with Crippen molar-refractivity contribution in [2.24, 2.45) is 4.99 Å². The number of hydrogen-bond donors (Lipinski definition) is 0. The summed E-state index contributed by atoms with van der Waals surface area (Å²) in [6.07, 6.45) is 4.41. The minimum Gasteiger partial charge on any atom is -0.466 e. The Morgan fingerprint density at radius 3 is 3.00 bits per heavy atom. The fourth-order valence-corrected chi connectivity index (χ4v) is 5.11. The van der Waals surface area contributed by atoms with E-state index in [1.165, 1.54) is 11.3 Å². The molecule has 2 atom stereocenters. The quantitative estimate of drug-likeness (QED) is 0.683. The molecule has 0 amide bonds. The van der Waals surface area contributed by atoms with E-state index in [2.05, 4.69) is 12.0 Å². The lowest BCUT2D eigenvalue weighted by Gasteiger charge is -2.39. The van der Waals surface area contributed by atoms with Gasteiger partial charge in [-0.15, -0.1) is 0 Å².